The first kappa shape index (κ1) is 19.5. The largest absolute Gasteiger partial charge is 0.434 e. The molecule has 150 valence electrons. The SMILES string of the molecule is O=C(NC1CCCc2ccccc21)c1cnn(-c2ccc(Cl)cc2)c1C(F)(F)F. The number of aryl methyl sites for hydroxylation is 1. The van der Waals surface area contributed by atoms with E-state index in [9.17, 15) is 18.0 Å². The number of hydrogen-bond acceptors (Lipinski definition) is 2. The lowest BCUT2D eigenvalue weighted by molar-refractivity contribution is -0.143. The van der Waals surface area contributed by atoms with Crippen molar-refractivity contribution >= 4 is 17.5 Å². The maximum Gasteiger partial charge on any atom is 0.434 e. The number of rotatable bonds is 3. The van der Waals surface area contributed by atoms with Crippen LogP contribution in [-0.2, 0) is 12.6 Å². The molecule has 0 saturated heterocycles. The summed E-state index contributed by atoms with van der Waals surface area (Å²) in [5.74, 6) is -0.792. The average Bonchev–Trinajstić information content (AvgIpc) is 3.15. The number of nitrogens with one attached hydrogen (secondary N) is 1. The fraction of sp³-hybridized carbons (Fsp3) is 0.238. The molecule has 8 heteroatoms. The molecule has 1 heterocycles. The molecule has 2 aromatic carbocycles. The van der Waals surface area contributed by atoms with Crippen LogP contribution in [-0.4, -0.2) is 15.7 Å². The van der Waals surface area contributed by atoms with E-state index in [-0.39, 0.29) is 11.7 Å². The smallest absolute Gasteiger partial charge is 0.345 e. The zero-order valence-corrected chi connectivity index (χ0v) is 16.0. The van der Waals surface area contributed by atoms with Gasteiger partial charge >= 0.3 is 6.18 Å². The summed E-state index contributed by atoms with van der Waals surface area (Å²) in [6.07, 6.45) is -1.37. The maximum atomic E-state index is 13.8. The van der Waals surface area contributed by atoms with Gasteiger partial charge in [-0.05, 0) is 54.7 Å². The number of halogens is 4. The summed E-state index contributed by atoms with van der Waals surface area (Å²) < 4.78 is 42.2. The summed E-state index contributed by atoms with van der Waals surface area (Å²) in [7, 11) is 0. The molecule has 1 unspecified atom stereocenters. The highest BCUT2D eigenvalue weighted by molar-refractivity contribution is 6.30. The second kappa shape index (κ2) is 7.55. The highest BCUT2D eigenvalue weighted by atomic mass is 35.5. The van der Waals surface area contributed by atoms with Gasteiger partial charge in [0.25, 0.3) is 5.91 Å². The Hall–Kier alpha value is -2.80. The summed E-state index contributed by atoms with van der Waals surface area (Å²) in [6.45, 7) is 0. The van der Waals surface area contributed by atoms with Crippen LogP contribution in [0.1, 0.15) is 46.1 Å². The third kappa shape index (κ3) is 3.87. The molecule has 1 aliphatic rings. The van der Waals surface area contributed by atoms with Crippen LogP contribution in [0.2, 0.25) is 5.02 Å². The monoisotopic (exact) mass is 419 g/mol. The Morgan fingerprint density at radius 2 is 1.86 bits per heavy atom. The van der Waals surface area contributed by atoms with Crippen molar-refractivity contribution in [2.24, 2.45) is 0 Å². The zero-order chi connectivity index (χ0) is 20.6. The fourth-order valence-electron chi connectivity index (χ4n) is 3.71. The van der Waals surface area contributed by atoms with Crippen LogP contribution < -0.4 is 5.32 Å². The Morgan fingerprint density at radius 1 is 1.14 bits per heavy atom. The average molecular weight is 420 g/mol. The number of amides is 1. The van der Waals surface area contributed by atoms with E-state index in [0.717, 1.165) is 34.8 Å². The molecule has 29 heavy (non-hydrogen) atoms. The van der Waals surface area contributed by atoms with Crippen LogP contribution in [0.3, 0.4) is 0 Å². The third-order valence-electron chi connectivity index (χ3n) is 5.03. The van der Waals surface area contributed by atoms with Gasteiger partial charge in [-0.3, -0.25) is 4.79 Å². The first-order valence-electron chi connectivity index (χ1n) is 9.14. The van der Waals surface area contributed by atoms with Crippen molar-refractivity contribution in [2.75, 3.05) is 0 Å². The predicted octanol–water partition coefficient (Wildman–Crippen LogP) is 5.35. The number of carbonyl (C=O) groups is 1. The standard InChI is InChI=1S/C21H17ClF3N3O/c22-14-8-10-15(11-9-14)28-19(21(23,24)25)17(12-26-28)20(29)27-18-7-3-5-13-4-1-2-6-16(13)18/h1-2,4,6,8-12,18H,3,5,7H2,(H,27,29). The van der Waals surface area contributed by atoms with Crippen molar-refractivity contribution in [1.82, 2.24) is 15.1 Å². The van der Waals surface area contributed by atoms with Gasteiger partial charge in [-0.25, -0.2) is 4.68 Å². The molecule has 1 amide bonds. The lowest BCUT2D eigenvalue weighted by Gasteiger charge is -2.26. The molecule has 0 fully saturated rings. The van der Waals surface area contributed by atoms with Crippen molar-refractivity contribution in [3.8, 4) is 5.69 Å². The highest BCUT2D eigenvalue weighted by Crippen LogP contribution is 2.35. The van der Waals surface area contributed by atoms with Crippen molar-refractivity contribution in [3.05, 3.63) is 82.1 Å². The molecule has 4 rings (SSSR count). The predicted molar refractivity (Wildman–Crippen MR) is 103 cm³/mol. The zero-order valence-electron chi connectivity index (χ0n) is 15.2. The fourth-order valence-corrected chi connectivity index (χ4v) is 3.83. The number of hydrogen-bond donors (Lipinski definition) is 1. The normalized spacial score (nSPS) is 16.3. The quantitative estimate of drug-likeness (QED) is 0.622. The molecule has 0 spiro atoms. The number of aromatic nitrogens is 2. The van der Waals surface area contributed by atoms with E-state index in [1.807, 2.05) is 24.3 Å². The van der Waals surface area contributed by atoms with Gasteiger partial charge < -0.3 is 5.32 Å². The van der Waals surface area contributed by atoms with Crippen molar-refractivity contribution in [1.29, 1.82) is 0 Å². The molecule has 0 saturated carbocycles. The van der Waals surface area contributed by atoms with Crippen molar-refractivity contribution in [2.45, 2.75) is 31.5 Å². The van der Waals surface area contributed by atoms with Gasteiger partial charge in [-0.15, -0.1) is 0 Å². The Kier molecular flexibility index (Phi) is 5.08. The van der Waals surface area contributed by atoms with E-state index < -0.39 is 23.3 Å². The van der Waals surface area contributed by atoms with E-state index in [1.54, 1.807) is 0 Å². The number of carbonyl (C=O) groups excluding carboxylic acids is 1. The molecule has 1 aliphatic carbocycles. The van der Waals surface area contributed by atoms with Gasteiger partial charge in [0.1, 0.15) is 0 Å². The Balaban J connectivity index is 1.68. The Bertz CT molecular complexity index is 1040. The summed E-state index contributed by atoms with van der Waals surface area (Å²) in [4.78, 5) is 12.8. The molecular weight excluding hydrogens is 403 g/mol. The molecule has 1 atom stereocenters. The van der Waals surface area contributed by atoms with Gasteiger partial charge in [-0.2, -0.15) is 18.3 Å². The van der Waals surface area contributed by atoms with Crippen LogP contribution in [0, 0.1) is 0 Å². The van der Waals surface area contributed by atoms with Crippen LogP contribution in [0.25, 0.3) is 5.69 Å². The summed E-state index contributed by atoms with van der Waals surface area (Å²) in [6, 6.07) is 13.1. The topological polar surface area (TPSA) is 46.9 Å². The maximum absolute atomic E-state index is 13.8. The van der Waals surface area contributed by atoms with Crippen LogP contribution >= 0.6 is 11.6 Å². The van der Waals surface area contributed by atoms with Crippen LogP contribution in [0.5, 0.6) is 0 Å². The van der Waals surface area contributed by atoms with Gasteiger partial charge in [-0.1, -0.05) is 35.9 Å². The lowest BCUT2D eigenvalue weighted by Crippen LogP contribution is -2.32. The molecule has 0 aliphatic heterocycles. The molecule has 0 bridgehead atoms. The van der Waals surface area contributed by atoms with Crippen LogP contribution in [0.15, 0.2) is 54.7 Å². The van der Waals surface area contributed by atoms with Gasteiger partial charge in [0.2, 0.25) is 0 Å². The number of benzene rings is 2. The number of alkyl halides is 3. The minimum atomic E-state index is -4.76. The van der Waals surface area contributed by atoms with Crippen molar-refractivity contribution < 1.29 is 18.0 Å². The van der Waals surface area contributed by atoms with E-state index in [1.165, 1.54) is 24.3 Å². The molecule has 1 aromatic heterocycles. The van der Waals surface area contributed by atoms with Gasteiger partial charge in [0.15, 0.2) is 5.69 Å². The summed E-state index contributed by atoms with van der Waals surface area (Å²) >= 11 is 5.82. The lowest BCUT2D eigenvalue weighted by atomic mass is 9.87. The summed E-state index contributed by atoms with van der Waals surface area (Å²) in [5, 5.41) is 6.99. The molecule has 3 aromatic rings. The van der Waals surface area contributed by atoms with Crippen molar-refractivity contribution in [3.63, 3.8) is 0 Å². The van der Waals surface area contributed by atoms with E-state index in [2.05, 4.69) is 10.4 Å². The molecule has 1 N–H and O–H groups in total. The molecule has 4 nitrogen and oxygen atoms in total. The first-order valence-corrected chi connectivity index (χ1v) is 9.52. The Morgan fingerprint density at radius 3 is 2.59 bits per heavy atom. The Labute approximate surface area is 170 Å². The second-order valence-electron chi connectivity index (χ2n) is 6.91. The number of nitrogens with zero attached hydrogens (tertiary/aromatic N) is 2. The first-order chi connectivity index (χ1) is 13.8. The van der Waals surface area contributed by atoms with Crippen LogP contribution in [0.4, 0.5) is 13.2 Å². The van der Waals surface area contributed by atoms with E-state index in [0.29, 0.717) is 11.4 Å². The van der Waals surface area contributed by atoms with E-state index >= 15 is 0 Å². The van der Waals surface area contributed by atoms with Gasteiger partial charge in [0, 0.05) is 5.02 Å². The minimum Gasteiger partial charge on any atom is -0.345 e. The molecule has 0 radical (unpaired) electrons. The van der Waals surface area contributed by atoms with Gasteiger partial charge in [0.05, 0.1) is 23.5 Å². The van der Waals surface area contributed by atoms with E-state index in [4.69, 9.17) is 11.6 Å². The second-order valence-corrected chi connectivity index (χ2v) is 7.35. The number of fused-ring (bicyclic) bond motifs is 1. The minimum absolute atomic E-state index is 0.170. The third-order valence-corrected chi connectivity index (χ3v) is 5.28. The summed E-state index contributed by atoms with van der Waals surface area (Å²) in [5.41, 5.74) is 0.614. The highest BCUT2D eigenvalue weighted by Gasteiger charge is 2.41. The molecular formula is C21H17ClF3N3O.